The first-order valence-electron chi connectivity index (χ1n) is 7.31. The van der Waals surface area contributed by atoms with Crippen LogP contribution in [0.2, 0.25) is 0 Å². The van der Waals surface area contributed by atoms with Gasteiger partial charge in [-0.1, -0.05) is 0 Å². The Morgan fingerprint density at radius 1 is 1.36 bits per heavy atom. The summed E-state index contributed by atoms with van der Waals surface area (Å²) < 4.78 is 15.5. The molecule has 0 spiro atoms. The first kappa shape index (κ1) is 14.7. The van der Waals surface area contributed by atoms with Gasteiger partial charge in [-0.3, -0.25) is 4.79 Å². The van der Waals surface area contributed by atoms with E-state index in [1.165, 1.54) is 6.07 Å². The van der Waals surface area contributed by atoms with Gasteiger partial charge < -0.3 is 15.2 Å². The van der Waals surface area contributed by atoms with Gasteiger partial charge in [0.05, 0.1) is 5.69 Å². The fourth-order valence-electron chi connectivity index (χ4n) is 2.92. The molecule has 1 aromatic carbocycles. The van der Waals surface area contributed by atoms with Crippen LogP contribution in [0, 0.1) is 12.7 Å². The van der Waals surface area contributed by atoms with E-state index in [9.17, 15) is 9.18 Å². The summed E-state index contributed by atoms with van der Waals surface area (Å²) >= 11 is 0. The SMILES string of the molecule is Cc1cc(-c2nc(C(N)=O)c3n2CCCN(C)C3)ccc1F. The molecule has 2 N–H and O–H groups in total. The van der Waals surface area contributed by atoms with E-state index in [4.69, 9.17) is 5.73 Å². The van der Waals surface area contributed by atoms with Gasteiger partial charge in [0, 0.05) is 18.7 Å². The molecular formula is C16H19FN4O. The zero-order chi connectivity index (χ0) is 15.9. The molecular weight excluding hydrogens is 283 g/mol. The minimum atomic E-state index is -0.524. The third-order valence-electron chi connectivity index (χ3n) is 4.06. The van der Waals surface area contributed by atoms with Crippen LogP contribution < -0.4 is 5.73 Å². The Hall–Kier alpha value is -2.21. The number of hydrogen-bond acceptors (Lipinski definition) is 3. The summed E-state index contributed by atoms with van der Waals surface area (Å²) in [5.41, 5.74) is 7.99. The minimum Gasteiger partial charge on any atom is -0.364 e. The molecule has 0 fully saturated rings. The predicted molar refractivity (Wildman–Crippen MR) is 81.8 cm³/mol. The molecule has 1 aliphatic heterocycles. The number of fused-ring (bicyclic) bond motifs is 1. The van der Waals surface area contributed by atoms with E-state index < -0.39 is 5.91 Å². The zero-order valence-electron chi connectivity index (χ0n) is 12.8. The van der Waals surface area contributed by atoms with Crippen LogP contribution in [-0.4, -0.2) is 34.0 Å². The average molecular weight is 302 g/mol. The summed E-state index contributed by atoms with van der Waals surface area (Å²) in [7, 11) is 2.01. The van der Waals surface area contributed by atoms with Crippen molar-refractivity contribution in [2.24, 2.45) is 5.73 Å². The van der Waals surface area contributed by atoms with E-state index in [0.717, 1.165) is 30.8 Å². The standard InChI is InChI=1S/C16H19FN4O/c1-10-8-11(4-5-12(10)17)16-19-14(15(18)22)13-9-20(2)6-3-7-21(13)16/h4-5,8H,3,6-7,9H2,1-2H3,(H2,18,22). The first-order valence-corrected chi connectivity index (χ1v) is 7.31. The van der Waals surface area contributed by atoms with Crippen molar-refractivity contribution in [1.82, 2.24) is 14.5 Å². The summed E-state index contributed by atoms with van der Waals surface area (Å²) in [6.45, 7) is 4.06. The number of nitrogens with two attached hydrogens (primary N) is 1. The molecule has 0 saturated carbocycles. The summed E-state index contributed by atoms with van der Waals surface area (Å²) in [6, 6.07) is 4.88. The van der Waals surface area contributed by atoms with Gasteiger partial charge in [-0.15, -0.1) is 0 Å². The highest BCUT2D eigenvalue weighted by Crippen LogP contribution is 2.27. The number of imidazole rings is 1. The molecule has 6 heteroatoms. The lowest BCUT2D eigenvalue weighted by atomic mass is 10.1. The second-order valence-electron chi connectivity index (χ2n) is 5.80. The van der Waals surface area contributed by atoms with E-state index >= 15 is 0 Å². The van der Waals surface area contributed by atoms with Crippen LogP contribution in [-0.2, 0) is 13.1 Å². The van der Waals surface area contributed by atoms with E-state index in [2.05, 4.69) is 9.88 Å². The quantitative estimate of drug-likeness (QED) is 0.922. The van der Waals surface area contributed by atoms with Crippen LogP contribution >= 0.6 is 0 Å². The van der Waals surface area contributed by atoms with E-state index in [0.29, 0.717) is 23.6 Å². The Morgan fingerprint density at radius 3 is 2.82 bits per heavy atom. The molecule has 1 amide bonds. The van der Waals surface area contributed by atoms with Crippen LogP contribution in [0.5, 0.6) is 0 Å². The van der Waals surface area contributed by atoms with Crippen molar-refractivity contribution < 1.29 is 9.18 Å². The molecule has 1 aliphatic rings. The predicted octanol–water partition coefficient (Wildman–Crippen LogP) is 1.93. The number of carbonyl (C=O) groups is 1. The molecule has 0 saturated heterocycles. The Kier molecular flexibility index (Phi) is 3.70. The van der Waals surface area contributed by atoms with Gasteiger partial charge >= 0.3 is 0 Å². The van der Waals surface area contributed by atoms with Gasteiger partial charge in [0.2, 0.25) is 0 Å². The van der Waals surface area contributed by atoms with Crippen molar-refractivity contribution in [3.05, 3.63) is 41.0 Å². The number of nitrogens with zero attached hydrogens (tertiary/aromatic N) is 3. The van der Waals surface area contributed by atoms with Crippen molar-refractivity contribution in [3.8, 4) is 11.4 Å². The fraction of sp³-hybridized carbons (Fsp3) is 0.375. The molecule has 5 nitrogen and oxygen atoms in total. The van der Waals surface area contributed by atoms with Gasteiger partial charge in [-0.25, -0.2) is 9.37 Å². The lowest BCUT2D eigenvalue weighted by Crippen LogP contribution is -2.21. The fourth-order valence-corrected chi connectivity index (χ4v) is 2.92. The number of amides is 1. The number of primary amides is 1. The number of carbonyl (C=O) groups excluding carboxylic acids is 1. The largest absolute Gasteiger partial charge is 0.364 e. The van der Waals surface area contributed by atoms with Crippen LogP contribution in [0.3, 0.4) is 0 Å². The number of rotatable bonds is 2. The zero-order valence-corrected chi connectivity index (χ0v) is 12.8. The van der Waals surface area contributed by atoms with Crippen LogP contribution in [0.25, 0.3) is 11.4 Å². The molecule has 116 valence electrons. The number of aromatic nitrogens is 2. The summed E-state index contributed by atoms with van der Waals surface area (Å²) in [5.74, 6) is -0.0902. The van der Waals surface area contributed by atoms with Crippen molar-refractivity contribution in [2.75, 3.05) is 13.6 Å². The molecule has 0 radical (unpaired) electrons. The van der Waals surface area contributed by atoms with E-state index in [1.807, 2.05) is 11.6 Å². The summed E-state index contributed by atoms with van der Waals surface area (Å²) in [4.78, 5) is 18.3. The third kappa shape index (κ3) is 2.50. The number of benzene rings is 1. The van der Waals surface area contributed by atoms with Crippen LogP contribution in [0.4, 0.5) is 4.39 Å². The number of hydrogen-bond donors (Lipinski definition) is 1. The third-order valence-corrected chi connectivity index (χ3v) is 4.06. The lowest BCUT2D eigenvalue weighted by molar-refractivity contribution is 0.0994. The first-order chi connectivity index (χ1) is 10.5. The molecule has 0 unspecified atom stereocenters. The Balaban J connectivity index is 2.17. The molecule has 2 heterocycles. The maximum atomic E-state index is 13.5. The van der Waals surface area contributed by atoms with Crippen molar-refractivity contribution in [2.45, 2.75) is 26.4 Å². The monoisotopic (exact) mass is 302 g/mol. The molecule has 3 rings (SSSR count). The second kappa shape index (κ2) is 5.53. The van der Waals surface area contributed by atoms with Gasteiger partial charge in [-0.2, -0.15) is 0 Å². The molecule has 0 bridgehead atoms. The normalized spacial score (nSPS) is 15.4. The molecule has 0 aliphatic carbocycles. The minimum absolute atomic E-state index is 0.249. The maximum absolute atomic E-state index is 13.5. The summed E-state index contributed by atoms with van der Waals surface area (Å²) in [5, 5.41) is 0. The maximum Gasteiger partial charge on any atom is 0.269 e. The van der Waals surface area contributed by atoms with Crippen LogP contribution in [0.15, 0.2) is 18.2 Å². The molecule has 2 aromatic rings. The molecule has 0 atom stereocenters. The van der Waals surface area contributed by atoms with Gasteiger partial charge in [0.15, 0.2) is 5.69 Å². The van der Waals surface area contributed by atoms with Crippen LogP contribution in [0.1, 0.15) is 28.2 Å². The second-order valence-corrected chi connectivity index (χ2v) is 5.80. The summed E-state index contributed by atoms with van der Waals surface area (Å²) in [6.07, 6.45) is 0.964. The van der Waals surface area contributed by atoms with E-state index in [-0.39, 0.29) is 5.82 Å². The topological polar surface area (TPSA) is 64.1 Å². The van der Waals surface area contributed by atoms with Gasteiger partial charge in [-0.05, 0) is 50.7 Å². The number of halogens is 1. The smallest absolute Gasteiger partial charge is 0.269 e. The number of aryl methyl sites for hydroxylation is 1. The van der Waals surface area contributed by atoms with Crippen molar-refractivity contribution in [3.63, 3.8) is 0 Å². The highest BCUT2D eigenvalue weighted by atomic mass is 19.1. The van der Waals surface area contributed by atoms with Crippen molar-refractivity contribution >= 4 is 5.91 Å². The van der Waals surface area contributed by atoms with Gasteiger partial charge in [0.1, 0.15) is 11.6 Å². The molecule has 22 heavy (non-hydrogen) atoms. The highest BCUT2D eigenvalue weighted by molar-refractivity contribution is 5.93. The van der Waals surface area contributed by atoms with Gasteiger partial charge in [0.25, 0.3) is 5.91 Å². The van der Waals surface area contributed by atoms with Crippen molar-refractivity contribution in [1.29, 1.82) is 0 Å². The Morgan fingerprint density at radius 2 is 2.14 bits per heavy atom. The highest BCUT2D eigenvalue weighted by Gasteiger charge is 2.24. The average Bonchev–Trinajstić information content (AvgIpc) is 2.70. The lowest BCUT2D eigenvalue weighted by Gasteiger charge is -2.12. The Bertz CT molecular complexity index is 738. The Labute approximate surface area is 128 Å². The molecule has 1 aromatic heterocycles. The van der Waals surface area contributed by atoms with E-state index in [1.54, 1.807) is 19.1 Å².